The largest absolute Gasteiger partial charge is 0.497 e. The number of fused-ring (bicyclic) bond motifs is 1. The van der Waals surface area contributed by atoms with Gasteiger partial charge in [0.1, 0.15) is 19.0 Å². The summed E-state index contributed by atoms with van der Waals surface area (Å²) >= 11 is 0. The van der Waals surface area contributed by atoms with E-state index < -0.39 is 15.6 Å². The third kappa shape index (κ3) is 3.05. The summed E-state index contributed by atoms with van der Waals surface area (Å²) in [6, 6.07) is 12.2. The molecule has 1 N–H and O–H groups in total. The predicted octanol–water partition coefficient (Wildman–Crippen LogP) is 2.43. The van der Waals surface area contributed by atoms with Crippen molar-refractivity contribution < 1.29 is 22.6 Å². The highest BCUT2D eigenvalue weighted by molar-refractivity contribution is 7.89. The minimum absolute atomic E-state index is 0.177. The molecule has 0 saturated heterocycles. The van der Waals surface area contributed by atoms with Crippen LogP contribution in [0.15, 0.2) is 47.4 Å². The molecule has 0 bridgehead atoms. The third-order valence-electron chi connectivity index (χ3n) is 4.55. The molecular weight excluding hydrogens is 342 g/mol. The summed E-state index contributed by atoms with van der Waals surface area (Å²) < 4.78 is 44.6. The highest BCUT2D eigenvalue weighted by atomic mass is 32.2. The summed E-state index contributed by atoms with van der Waals surface area (Å²) in [6.45, 7) is 0.887. The molecule has 25 heavy (non-hydrogen) atoms. The Balaban J connectivity index is 1.60. The molecule has 2 aromatic rings. The van der Waals surface area contributed by atoms with E-state index >= 15 is 0 Å². The van der Waals surface area contributed by atoms with Gasteiger partial charge in [-0.05, 0) is 42.7 Å². The molecule has 4 rings (SSSR count). The van der Waals surface area contributed by atoms with Crippen LogP contribution in [0.4, 0.5) is 0 Å². The van der Waals surface area contributed by atoms with E-state index in [0.717, 1.165) is 24.2 Å². The molecule has 6 nitrogen and oxygen atoms in total. The maximum atomic E-state index is 12.8. The topological polar surface area (TPSA) is 73.9 Å². The second kappa shape index (κ2) is 5.93. The summed E-state index contributed by atoms with van der Waals surface area (Å²) in [4.78, 5) is 0.177. The number of methoxy groups -OCH3 is 1. The van der Waals surface area contributed by atoms with Crippen molar-refractivity contribution >= 4 is 10.0 Å². The maximum absolute atomic E-state index is 12.8. The molecule has 7 heteroatoms. The highest BCUT2D eigenvalue weighted by Crippen LogP contribution is 2.47. The molecule has 0 unspecified atom stereocenters. The van der Waals surface area contributed by atoms with Gasteiger partial charge in [0.15, 0.2) is 11.5 Å². The molecule has 1 aliphatic carbocycles. The van der Waals surface area contributed by atoms with Gasteiger partial charge in [-0.3, -0.25) is 0 Å². The first kappa shape index (κ1) is 16.2. The monoisotopic (exact) mass is 361 g/mol. The summed E-state index contributed by atoms with van der Waals surface area (Å²) in [5, 5.41) is 0. The SMILES string of the molecule is COc1ccc(C2(NS(=O)(=O)c3ccc4c(c3)OCCO4)CC2)cc1. The van der Waals surface area contributed by atoms with Crippen LogP contribution in [0.25, 0.3) is 0 Å². The molecule has 0 aromatic heterocycles. The standard InChI is InChI=1S/C18H19NO5S/c1-22-14-4-2-13(3-5-14)18(8-9-18)19-25(20,21)15-6-7-16-17(12-15)24-11-10-23-16/h2-7,12,19H,8-11H2,1H3. The lowest BCUT2D eigenvalue weighted by atomic mass is 10.1. The number of ether oxygens (including phenoxy) is 3. The molecule has 0 radical (unpaired) electrons. The van der Waals surface area contributed by atoms with Gasteiger partial charge in [0.2, 0.25) is 10.0 Å². The van der Waals surface area contributed by atoms with Crippen molar-refractivity contribution in [3.63, 3.8) is 0 Å². The smallest absolute Gasteiger partial charge is 0.241 e. The minimum Gasteiger partial charge on any atom is -0.497 e. The van der Waals surface area contributed by atoms with Gasteiger partial charge in [0, 0.05) is 6.07 Å². The van der Waals surface area contributed by atoms with Crippen molar-refractivity contribution in [2.75, 3.05) is 20.3 Å². The van der Waals surface area contributed by atoms with Crippen LogP contribution in [0, 0.1) is 0 Å². The van der Waals surface area contributed by atoms with Crippen molar-refractivity contribution in [2.45, 2.75) is 23.3 Å². The summed E-state index contributed by atoms with van der Waals surface area (Å²) in [5.74, 6) is 1.78. The molecule has 2 aliphatic rings. The number of hydrogen-bond donors (Lipinski definition) is 1. The van der Waals surface area contributed by atoms with Gasteiger partial charge in [-0.1, -0.05) is 12.1 Å². The third-order valence-corrected chi connectivity index (χ3v) is 6.08. The number of rotatable bonds is 5. The lowest BCUT2D eigenvalue weighted by molar-refractivity contribution is 0.171. The van der Waals surface area contributed by atoms with Gasteiger partial charge in [-0.2, -0.15) is 0 Å². The number of benzene rings is 2. The fourth-order valence-electron chi connectivity index (χ4n) is 2.99. The van der Waals surface area contributed by atoms with Crippen LogP contribution < -0.4 is 18.9 Å². The normalized spacial score (nSPS) is 17.8. The fourth-order valence-corrected chi connectivity index (χ4v) is 4.46. The van der Waals surface area contributed by atoms with E-state index in [1.54, 1.807) is 19.2 Å². The van der Waals surface area contributed by atoms with Crippen LogP contribution in [0.2, 0.25) is 0 Å². The summed E-state index contributed by atoms with van der Waals surface area (Å²) in [7, 11) is -2.07. The zero-order chi connectivity index (χ0) is 17.5. The molecule has 1 saturated carbocycles. The number of nitrogens with one attached hydrogen (secondary N) is 1. The van der Waals surface area contributed by atoms with E-state index in [-0.39, 0.29) is 4.90 Å². The molecule has 0 atom stereocenters. The first-order chi connectivity index (χ1) is 12.0. The molecule has 1 fully saturated rings. The Hall–Kier alpha value is -2.25. The lowest BCUT2D eigenvalue weighted by Gasteiger charge is -2.21. The van der Waals surface area contributed by atoms with Crippen LogP contribution in [-0.2, 0) is 15.6 Å². The highest BCUT2D eigenvalue weighted by Gasteiger charge is 2.47. The van der Waals surface area contributed by atoms with Gasteiger partial charge in [0.05, 0.1) is 17.5 Å². The van der Waals surface area contributed by atoms with Gasteiger partial charge >= 0.3 is 0 Å². The quantitative estimate of drug-likeness (QED) is 0.885. The molecule has 0 spiro atoms. The van der Waals surface area contributed by atoms with E-state index in [1.165, 1.54) is 6.07 Å². The lowest BCUT2D eigenvalue weighted by Crippen LogP contribution is -2.34. The molecular formula is C18H19NO5S. The fraction of sp³-hybridized carbons (Fsp3) is 0.333. The van der Waals surface area contributed by atoms with Gasteiger partial charge in [-0.15, -0.1) is 0 Å². The van der Waals surface area contributed by atoms with Crippen molar-refractivity contribution in [3.05, 3.63) is 48.0 Å². The van der Waals surface area contributed by atoms with E-state index in [1.807, 2.05) is 24.3 Å². The Morgan fingerprint density at radius 2 is 1.68 bits per heavy atom. The Bertz CT molecular complexity index is 888. The second-order valence-electron chi connectivity index (χ2n) is 6.22. The van der Waals surface area contributed by atoms with Crippen molar-refractivity contribution in [3.8, 4) is 17.2 Å². The van der Waals surface area contributed by atoms with Crippen molar-refractivity contribution in [2.24, 2.45) is 0 Å². The summed E-state index contributed by atoms with van der Waals surface area (Å²) in [5.41, 5.74) is 0.396. The Morgan fingerprint density at radius 1 is 1.00 bits per heavy atom. The van der Waals surface area contributed by atoms with E-state index in [4.69, 9.17) is 14.2 Å². The average Bonchev–Trinajstić information content (AvgIpc) is 3.41. The van der Waals surface area contributed by atoms with Crippen LogP contribution >= 0.6 is 0 Å². The first-order valence-electron chi connectivity index (χ1n) is 8.11. The van der Waals surface area contributed by atoms with E-state index in [2.05, 4.69) is 4.72 Å². The molecule has 1 aliphatic heterocycles. The minimum atomic E-state index is -3.67. The van der Waals surface area contributed by atoms with Gasteiger partial charge < -0.3 is 14.2 Å². The van der Waals surface area contributed by atoms with Crippen molar-refractivity contribution in [1.82, 2.24) is 4.72 Å². The molecule has 132 valence electrons. The van der Waals surface area contributed by atoms with Crippen LogP contribution in [-0.4, -0.2) is 28.7 Å². The number of hydrogen-bond acceptors (Lipinski definition) is 5. The van der Waals surface area contributed by atoms with E-state index in [9.17, 15) is 8.42 Å². The van der Waals surface area contributed by atoms with Gasteiger partial charge in [-0.25, -0.2) is 13.1 Å². The van der Waals surface area contributed by atoms with Crippen LogP contribution in [0.3, 0.4) is 0 Å². The molecule has 2 aromatic carbocycles. The maximum Gasteiger partial charge on any atom is 0.241 e. The molecule has 1 heterocycles. The molecule has 0 amide bonds. The van der Waals surface area contributed by atoms with Crippen LogP contribution in [0.1, 0.15) is 18.4 Å². The zero-order valence-corrected chi connectivity index (χ0v) is 14.6. The van der Waals surface area contributed by atoms with Crippen molar-refractivity contribution in [1.29, 1.82) is 0 Å². The average molecular weight is 361 g/mol. The van der Waals surface area contributed by atoms with E-state index in [0.29, 0.717) is 24.7 Å². The predicted molar refractivity (Wildman–Crippen MR) is 91.7 cm³/mol. The Morgan fingerprint density at radius 3 is 2.32 bits per heavy atom. The summed E-state index contributed by atoms with van der Waals surface area (Å²) in [6.07, 6.45) is 1.53. The Labute approximate surface area is 146 Å². The second-order valence-corrected chi connectivity index (χ2v) is 7.90. The van der Waals surface area contributed by atoms with Gasteiger partial charge in [0.25, 0.3) is 0 Å². The Kier molecular flexibility index (Phi) is 3.85. The van der Waals surface area contributed by atoms with Crippen LogP contribution in [0.5, 0.6) is 17.2 Å². The number of sulfonamides is 1. The zero-order valence-electron chi connectivity index (χ0n) is 13.8. The first-order valence-corrected chi connectivity index (χ1v) is 9.59.